The number of rotatable bonds is 1. The van der Waals surface area contributed by atoms with Gasteiger partial charge in [0.2, 0.25) is 0 Å². The van der Waals surface area contributed by atoms with Gasteiger partial charge in [0.1, 0.15) is 5.60 Å². The first-order valence-corrected chi connectivity index (χ1v) is 3.40. The molecule has 0 atom stereocenters. The minimum absolute atomic E-state index is 0.760. The molecule has 11 heavy (non-hydrogen) atoms. The first kappa shape index (κ1) is 7.85. The summed E-state index contributed by atoms with van der Waals surface area (Å²) in [4.78, 5) is 10.2. The van der Waals surface area contributed by atoms with Crippen molar-refractivity contribution in [3.05, 3.63) is 24.3 Å². The predicted molar refractivity (Wildman–Crippen MR) is 40.4 cm³/mol. The molecule has 0 radical (unpaired) electrons. The van der Waals surface area contributed by atoms with Crippen molar-refractivity contribution >= 4 is 6.16 Å². The lowest BCUT2D eigenvalue weighted by molar-refractivity contribution is 0.0439. The van der Waals surface area contributed by atoms with Crippen LogP contribution in [0.1, 0.15) is 13.3 Å². The van der Waals surface area contributed by atoms with Crippen LogP contribution in [0.15, 0.2) is 24.3 Å². The maximum absolute atomic E-state index is 10.2. The fourth-order valence-electron chi connectivity index (χ4n) is 0.994. The van der Waals surface area contributed by atoms with E-state index in [-0.39, 0.29) is 0 Å². The molecule has 0 fully saturated rings. The van der Waals surface area contributed by atoms with E-state index in [0.29, 0.717) is 0 Å². The zero-order chi connectivity index (χ0) is 8.32. The molecule has 60 valence electrons. The lowest BCUT2D eigenvalue weighted by Gasteiger charge is -2.22. The molecule has 0 aromatic carbocycles. The molecular weight excluding hydrogens is 144 g/mol. The summed E-state index contributed by atoms with van der Waals surface area (Å²) in [6, 6.07) is 0. The van der Waals surface area contributed by atoms with Gasteiger partial charge < -0.3 is 9.84 Å². The molecule has 0 aromatic rings. The monoisotopic (exact) mass is 154 g/mol. The minimum atomic E-state index is -1.25. The standard InChI is InChI=1S/C8H10O3/c1-8(11-7(9)10)5-3-2-4-6-8/h3-6H,2H2,1H3,(H,9,10). The van der Waals surface area contributed by atoms with Gasteiger partial charge in [-0.15, -0.1) is 0 Å². The molecule has 0 aliphatic heterocycles. The molecule has 0 saturated heterocycles. The second kappa shape index (κ2) is 2.78. The third-order valence-electron chi connectivity index (χ3n) is 1.48. The van der Waals surface area contributed by atoms with Gasteiger partial charge in [-0.2, -0.15) is 0 Å². The highest BCUT2D eigenvalue weighted by Gasteiger charge is 2.22. The van der Waals surface area contributed by atoms with E-state index in [4.69, 9.17) is 5.11 Å². The molecule has 1 N–H and O–H groups in total. The number of carboxylic acid groups (broad SMARTS) is 1. The Kier molecular flexibility index (Phi) is 1.98. The molecule has 3 heteroatoms. The summed E-state index contributed by atoms with van der Waals surface area (Å²) >= 11 is 0. The molecule has 0 unspecified atom stereocenters. The average molecular weight is 154 g/mol. The topological polar surface area (TPSA) is 46.5 Å². The number of carbonyl (C=O) groups is 1. The van der Waals surface area contributed by atoms with Crippen LogP contribution >= 0.6 is 0 Å². The first-order valence-electron chi connectivity index (χ1n) is 3.40. The molecule has 0 heterocycles. The molecule has 0 aromatic heterocycles. The van der Waals surface area contributed by atoms with Crippen molar-refractivity contribution in [3.8, 4) is 0 Å². The van der Waals surface area contributed by atoms with E-state index in [9.17, 15) is 4.79 Å². The van der Waals surface area contributed by atoms with Crippen molar-refractivity contribution in [2.75, 3.05) is 0 Å². The highest BCUT2D eigenvalue weighted by Crippen LogP contribution is 2.18. The third kappa shape index (κ3) is 2.11. The van der Waals surface area contributed by atoms with Crippen molar-refractivity contribution in [2.24, 2.45) is 0 Å². The van der Waals surface area contributed by atoms with Gasteiger partial charge in [0.15, 0.2) is 0 Å². The first-order chi connectivity index (χ1) is 5.12. The molecule has 3 nitrogen and oxygen atoms in total. The molecule has 1 aliphatic carbocycles. The quantitative estimate of drug-likeness (QED) is 0.464. The Morgan fingerprint density at radius 3 is 2.55 bits per heavy atom. The van der Waals surface area contributed by atoms with Gasteiger partial charge in [-0.05, 0) is 25.5 Å². The van der Waals surface area contributed by atoms with E-state index in [2.05, 4.69) is 4.74 Å². The van der Waals surface area contributed by atoms with E-state index in [1.165, 1.54) is 0 Å². The van der Waals surface area contributed by atoms with Crippen molar-refractivity contribution < 1.29 is 14.6 Å². The smallest absolute Gasteiger partial charge is 0.450 e. The lowest BCUT2D eigenvalue weighted by Crippen LogP contribution is -2.27. The van der Waals surface area contributed by atoms with Crippen LogP contribution in [-0.4, -0.2) is 16.9 Å². The maximum atomic E-state index is 10.2. The Hall–Kier alpha value is -1.25. The summed E-state index contributed by atoms with van der Waals surface area (Å²) in [6.07, 6.45) is 6.83. The molecule has 0 spiro atoms. The van der Waals surface area contributed by atoms with Crippen LogP contribution < -0.4 is 0 Å². The van der Waals surface area contributed by atoms with Gasteiger partial charge in [-0.25, -0.2) is 4.79 Å². The summed E-state index contributed by atoms with van der Waals surface area (Å²) in [7, 11) is 0. The lowest BCUT2D eigenvalue weighted by atomic mass is 10.0. The summed E-state index contributed by atoms with van der Waals surface area (Å²) in [6.45, 7) is 1.70. The summed E-state index contributed by atoms with van der Waals surface area (Å²) in [5.74, 6) is 0. The normalized spacial score (nSPS) is 19.7. The number of ether oxygens (including phenoxy) is 1. The van der Waals surface area contributed by atoms with Crippen LogP contribution in [0.3, 0.4) is 0 Å². The van der Waals surface area contributed by atoms with E-state index in [1.807, 2.05) is 12.2 Å². The Morgan fingerprint density at radius 1 is 1.55 bits per heavy atom. The molecule has 1 rings (SSSR count). The van der Waals surface area contributed by atoms with Crippen molar-refractivity contribution in [1.82, 2.24) is 0 Å². The van der Waals surface area contributed by atoms with Crippen molar-refractivity contribution in [3.63, 3.8) is 0 Å². The van der Waals surface area contributed by atoms with E-state index < -0.39 is 11.8 Å². The Balaban J connectivity index is 2.65. The van der Waals surface area contributed by atoms with Crippen LogP contribution in [0.2, 0.25) is 0 Å². The van der Waals surface area contributed by atoms with Crippen LogP contribution in [-0.2, 0) is 4.74 Å². The SMILES string of the molecule is CC1(OC(=O)O)C=CCC=C1. The van der Waals surface area contributed by atoms with Crippen LogP contribution in [0.5, 0.6) is 0 Å². The van der Waals surface area contributed by atoms with E-state index in [0.717, 1.165) is 6.42 Å². The molecule has 0 bridgehead atoms. The third-order valence-corrected chi connectivity index (χ3v) is 1.48. The zero-order valence-corrected chi connectivity index (χ0v) is 6.28. The van der Waals surface area contributed by atoms with Crippen LogP contribution in [0, 0.1) is 0 Å². The van der Waals surface area contributed by atoms with Gasteiger partial charge in [-0.1, -0.05) is 12.2 Å². The number of hydrogen-bond acceptors (Lipinski definition) is 2. The van der Waals surface area contributed by atoms with Gasteiger partial charge in [0.05, 0.1) is 0 Å². The molecule has 0 saturated carbocycles. The summed E-state index contributed by atoms with van der Waals surface area (Å²) < 4.78 is 4.62. The van der Waals surface area contributed by atoms with Gasteiger partial charge in [0, 0.05) is 0 Å². The molecular formula is C8H10O3. The maximum Gasteiger partial charge on any atom is 0.506 e. The largest absolute Gasteiger partial charge is 0.506 e. The zero-order valence-electron chi connectivity index (χ0n) is 6.28. The fraction of sp³-hybridized carbons (Fsp3) is 0.375. The Morgan fingerprint density at radius 2 is 2.09 bits per heavy atom. The van der Waals surface area contributed by atoms with Gasteiger partial charge in [-0.3, -0.25) is 0 Å². The highest BCUT2D eigenvalue weighted by atomic mass is 16.7. The fourth-order valence-corrected chi connectivity index (χ4v) is 0.994. The van der Waals surface area contributed by atoms with Gasteiger partial charge in [0.25, 0.3) is 0 Å². The summed E-state index contributed by atoms with van der Waals surface area (Å²) in [5.41, 5.74) is -0.760. The Labute approximate surface area is 65.0 Å². The molecule has 1 aliphatic rings. The van der Waals surface area contributed by atoms with Crippen LogP contribution in [0.25, 0.3) is 0 Å². The van der Waals surface area contributed by atoms with E-state index in [1.54, 1.807) is 19.1 Å². The second-order valence-electron chi connectivity index (χ2n) is 2.59. The Bertz CT molecular complexity index is 203. The highest BCUT2D eigenvalue weighted by molar-refractivity contribution is 5.58. The number of hydrogen-bond donors (Lipinski definition) is 1. The second-order valence-corrected chi connectivity index (χ2v) is 2.59. The van der Waals surface area contributed by atoms with Crippen LogP contribution in [0.4, 0.5) is 4.79 Å². The number of allylic oxidation sites excluding steroid dienone is 2. The predicted octanol–water partition coefficient (Wildman–Crippen LogP) is 1.96. The minimum Gasteiger partial charge on any atom is -0.450 e. The molecule has 0 amide bonds. The van der Waals surface area contributed by atoms with Gasteiger partial charge >= 0.3 is 6.16 Å². The van der Waals surface area contributed by atoms with Crippen molar-refractivity contribution in [2.45, 2.75) is 18.9 Å². The average Bonchev–Trinajstić information content (AvgIpc) is 1.85. The van der Waals surface area contributed by atoms with E-state index >= 15 is 0 Å². The summed E-state index contributed by atoms with van der Waals surface area (Å²) in [5, 5.41) is 8.34. The van der Waals surface area contributed by atoms with Crippen molar-refractivity contribution in [1.29, 1.82) is 0 Å².